The predicted molar refractivity (Wildman–Crippen MR) is 121 cm³/mol. The molecule has 1 N–H and O–H groups in total. The van der Waals surface area contributed by atoms with Gasteiger partial charge in [-0.25, -0.2) is 4.79 Å². The van der Waals surface area contributed by atoms with Gasteiger partial charge in [0.25, 0.3) is 0 Å². The van der Waals surface area contributed by atoms with Crippen molar-refractivity contribution in [1.82, 2.24) is 5.32 Å². The maximum absolute atomic E-state index is 12.4. The van der Waals surface area contributed by atoms with E-state index in [-0.39, 0.29) is 24.2 Å². The van der Waals surface area contributed by atoms with Crippen LogP contribution in [0.3, 0.4) is 0 Å². The zero-order valence-electron chi connectivity index (χ0n) is 18.4. The number of hydrogen-bond donors (Lipinski definition) is 1. The molecule has 5 nitrogen and oxygen atoms in total. The summed E-state index contributed by atoms with van der Waals surface area (Å²) in [4.78, 5) is 23.8. The fourth-order valence-electron chi connectivity index (χ4n) is 3.42. The number of carbonyl (C=O) groups is 2. The number of carbonyl (C=O) groups excluding carboxylic acids is 2. The summed E-state index contributed by atoms with van der Waals surface area (Å²) in [5.41, 5.74) is 4.66. The Balaban J connectivity index is 1.60. The Morgan fingerprint density at radius 1 is 1.07 bits per heavy atom. The lowest BCUT2D eigenvalue weighted by Crippen LogP contribution is -2.47. The number of rotatable bonds is 7. The van der Waals surface area contributed by atoms with Gasteiger partial charge >= 0.3 is 6.09 Å². The van der Waals surface area contributed by atoms with E-state index in [1.54, 1.807) is 0 Å². The number of amides is 1. The lowest BCUT2D eigenvalue weighted by Gasteiger charge is -2.36. The number of fused-ring (bicyclic) bond motifs is 3. The first-order valence-electron chi connectivity index (χ1n) is 10.3. The molecule has 0 radical (unpaired) electrons. The largest absolute Gasteiger partial charge is 0.449 e. The number of alkyl carbamates (subject to hydrolysis) is 1. The van der Waals surface area contributed by atoms with E-state index in [0.29, 0.717) is 6.29 Å². The van der Waals surface area contributed by atoms with E-state index in [0.717, 1.165) is 11.1 Å². The molecule has 0 aliphatic heterocycles. The van der Waals surface area contributed by atoms with Crippen molar-refractivity contribution in [2.75, 3.05) is 13.2 Å². The van der Waals surface area contributed by atoms with E-state index in [1.165, 1.54) is 11.1 Å². The molecular formula is C24H31NO4Si. The number of aldehydes is 1. The average Bonchev–Trinajstić information content (AvgIpc) is 3.02. The summed E-state index contributed by atoms with van der Waals surface area (Å²) in [7, 11) is -2.01. The highest BCUT2D eigenvalue weighted by molar-refractivity contribution is 6.74. The lowest BCUT2D eigenvalue weighted by molar-refractivity contribution is -0.110. The molecule has 0 aromatic heterocycles. The second kappa shape index (κ2) is 8.74. The maximum atomic E-state index is 12.4. The molecule has 160 valence electrons. The molecule has 0 saturated carbocycles. The molecule has 0 spiro atoms. The van der Waals surface area contributed by atoms with Crippen LogP contribution in [0.1, 0.15) is 37.8 Å². The summed E-state index contributed by atoms with van der Waals surface area (Å²) in [5, 5.41) is 2.66. The summed E-state index contributed by atoms with van der Waals surface area (Å²) < 4.78 is 11.6. The van der Waals surface area contributed by atoms with Gasteiger partial charge in [-0.3, -0.25) is 0 Å². The molecule has 3 rings (SSSR count). The van der Waals surface area contributed by atoms with E-state index >= 15 is 0 Å². The molecule has 2 aromatic rings. The Labute approximate surface area is 179 Å². The Hall–Kier alpha value is -2.44. The number of ether oxygens (including phenoxy) is 1. The van der Waals surface area contributed by atoms with Crippen LogP contribution < -0.4 is 5.32 Å². The molecule has 0 saturated heterocycles. The van der Waals surface area contributed by atoms with E-state index in [1.807, 2.05) is 24.3 Å². The van der Waals surface area contributed by atoms with Crippen molar-refractivity contribution in [2.45, 2.75) is 50.9 Å². The van der Waals surface area contributed by atoms with E-state index in [9.17, 15) is 9.59 Å². The van der Waals surface area contributed by atoms with Crippen molar-refractivity contribution < 1.29 is 18.8 Å². The quantitative estimate of drug-likeness (QED) is 0.494. The number of nitrogens with one attached hydrogen (secondary N) is 1. The second-order valence-corrected chi connectivity index (χ2v) is 14.1. The molecule has 2 aromatic carbocycles. The van der Waals surface area contributed by atoms with Gasteiger partial charge in [0.1, 0.15) is 18.9 Å². The van der Waals surface area contributed by atoms with Crippen LogP contribution in [-0.4, -0.2) is 40.0 Å². The summed E-state index contributed by atoms with van der Waals surface area (Å²) in [5.74, 6) is -0.0127. The van der Waals surface area contributed by atoms with Crippen molar-refractivity contribution in [3.63, 3.8) is 0 Å². The molecular weight excluding hydrogens is 394 g/mol. The van der Waals surface area contributed by atoms with Crippen molar-refractivity contribution in [1.29, 1.82) is 0 Å². The molecule has 1 aliphatic carbocycles. The molecule has 30 heavy (non-hydrogen) atoms. The molecule has 0 bridgehead atoms. The summed E-state index contributed by atoms with van der Waals surface area (Å²) in [6.45, 7) is 11.0. The average molecular weight is 426 g/mol. The smallest absolute Gasteiger partial charge is 0.407 e. The Morgan fingerprint density at radius 2 is 1.60 bits per heavy atom. The van der Waals surface area contributed by atoms with Crippen molar-refractivity contribution in [3.05, 3.63) is 59.7 Å². The minimum absolute atomic E-state index is 0.0127. The van der Waals surface area contributed by atoms with Crippen LogP contribution in [0.15, 0.2) is 48.5 Å². The summed E-state index contributed by atoms with van der Waals surface area (Å²) in [6.07, 6.45) is 0.0991. The molecule has 6 heteroatoms. The summed E-state index contributed by atoms with van der Waals surface area (Å²) >= 11 is 0. The Morgan fingerprint density at radius 3 is 2.10 bits per heavy atom. The van der Waals surface area contributed by atoms with Gasteiger partial charge in [0.15, 0.2) is 8.32 Å². The minimum atomic E-state index is -2.01. The molecule has 0 unspecified atom stereocenters. The van der Waals surface area contributed by atoms with E-state index in [4.69, 9.17) is 9.16 Å². The van der Waals surface area contributed by atoms with Gasteiger partial charge in [0, 0.05) is 5.92 Å². The Bertz CT molecular complexity index is 874. The van der Waals surface area contributed by atoms with Crippen LogP contribution >= 0.6 is 0 Å². The van der Waals surface area contributed by atoms with Crippen LogP contribution in [0.4, 0.5) is 4.79 Å². The van der Waals surface area contributed by atoms with Crippen molar-refractivity contribution in [2.24, 2.45) is 0 Å². The predicted octanol–water partition coefficient (Wildman–Crippen LogP) is 5.11. The highest BCUT2D eigenvalue weighted by Gasteiger charge is 2.37. The third kappa shape index (κ3) is 4.65. The standard InChI is InChI=1S/C24H31NO4Si/c1-24(2,3)30(4,5)29-15-17(14-26)25-23(27)28-16-22-20-12-8-6-10-18(20)19-11-7-9-13-21(19)22/h6-14,17,22H,15-16H2,1-5H3,(H,25,27)/t17-/m0/s1. The van der Waals surface area contributed by atoms with Gasteiger partial charge < -0.3 is 19.3 Å². The van der Waals surface area contributed by atoms with Gasteiger partial charge in [-0.05, 0) is 40.4 Å². The van der Waals surface area contributed by atoms with Crippen LogP contribution in [0.5, 0.6) is 0 Å². The van der Waals surface area contributed by atoms with Gasteiger partial charge in [-0.2, -0.15) is 0 Å². The topological polar surface area (TPSA) is 64.6 Å². The highest BCUT2D eigenvalue weighted by atomic mass is 28.4. The van der Waals surface area contributed by atoms with E-state index in [2.05, 4.69) is 63.4 Å². The van der Waals surface area contributed by atoms with Crippen molar-refractivity contribution >= 4 is 20.7 Å². The van der Waals surface area contributed by atoms with Crippen molar-refractivity contribution in [3.8, 4) is 11.1 Å². The van der Waals surface area contributed by atoms with Crippen LogP contribution in [0.2, 0.25) is 18.1 Å². The molecule has 0 fully saturated rings. The zero-order valence-corrected chi connectivity index (χ0v) is 19.4. The normalized spacial score (nSPS) is 14.6. The third-order valence-electron chi connectivity index (χ3n) is 6.24. The maximum Gasteiger partial charge on any atom is 0.407 e. The third-order valence-corrected chi connectivity index (χ3v) is 10.7. The van der Waals surface area contributed by atoms with Crippen LogP contribution in [-0.2, 0) is 14.0 Å². The van der Waals surface area contributed by atoms with Gasteiger partial charge in [-0.1, -0.05) is 69.3 Å². The lowest BCUT2D eigenvalue weighted by atomic mass is 9.98. The minimum Gasteiger partial charge on any atom is -0.449 e. The first kappa shape index (κ1) is 22.2. The highest BCUT2D eigenvalue weighted by Crippen LogP contribution is 2.44. The molecule has 1 atom stereocenters. The fourth-order valence-corrected chi connectivity index (χ4v) is 4.45. The number of hydrogen-bond acceptors (Lipinski definition) is 4. The Kier molecular flexibility index (Phi) is 6.48. The van der Waals surface area contributed by atoms with Crippen LogP contribution in [0, 0.1) is 0 Å². The molecule has 0 heterocycles. The summed E-state index contributed by atoms with van der Waals surface area (Å²) in [6, 6.07) is 15.6. The first-order chi connectivity index (χ1) is 14.1. The van der Waals surface area contributed by atoms with Crippen LogP contribution in [0.25, 0.3) is 11.1 Å². The number of benzene rings is 2. The van der Waals surface area contributed by atoms with Gasteiger partial charge in [0.2, 0.25) is 0 Å². The van der Waals surface area contributed by atoms with Gasteiger partial charge in [-0.15, -0.1) is 0 Å². The monoisotopic (exact) mass is 425 g/mol. The molecule has 1 amide bonds. The molecule has 1 aliphatic rings. The SMILES string of the molecule is CC(C)(C)[Si](C)(C)OC[C@H](C=O)NC(=O)OCC1c2ccccc2-c2ccccc21. The van der Waals surface area contributed by atoms with E-state index < -0.39 is 20.5 Å². The zero-order chi connectivity index (χ0) is 21.9. The fraction of sp³-hybridized carbons (Fsp3) is 0.417. The first-order valence-corrected chi connectivity index (χ1v) is 13.3. The second-order valence-electron chi connectivity index (χ2n) is 9.28. The van der Waals surface area contributed by atoms with Gasteiger partial charge in [0.05, 0.1) is 6.61 Å².